The highest BCUT2D eigenvalue weighted by atomic mass is 32.2. The first-order chi connectivity index (χ1) is 10.1. The Labute approximate surface area is 127 Å². The Bertz CT molecular complexity index is 635. The van der Waals surface area contributed by atoms with Gasteiger partial charge in [-0.2, -0.15) is 5.10 Å². The van der Waals surface area contributed by atoms with Gasteiger partial charge >= 0.3 is 5.97 Å². The van der Waals surface area contributed by atoms with Crippen molar-refractivity contribution >= 4 is 28.9 Å². The second kappa shape index (κ2) is 6.95. The zero-order valence-corrected chi connectivity index (χ0v) is 13.3. The summed E-state index contributed by atoms with van der Waals surface area (Å²) in [5, 5.41) is 14.1. The van der Waals surface area contributed by atoms with Crippen LogP contribution in [0.4, 0.5) is 0 Å². The Balaban J connectivity index is 2.39. The van der Waals surface area contributed by atoms with Gasteiger partial charge < -0.3 is 14.4 Å². The topological polar surface area (TPSA) is 82.2 Å². The summed E-state index contributed by atoms with van der Waals surface area (Å²) >= 11 is 1.24. The minimum Gasteiger partial charge on any atom is -0.481 e. The van der Waals surface area contributed by atoms with Crippen molar-refractivity contribution in [1.29, 1.82) is 0 Å². The van der Waals surface area contributed by atoms with Crippen LogP contribution in [0.25, 0.3) is 11.2 Å². The van der Waals surface area contributed by atoms with E-state index >= 15 is 0 Å². The Morgan fingerprint density at radius 1 is 1.48 bits per heavy atom. The van der Waals surface area contributed by atoms with Gasteiger partial charge in [0.05, 0.1) is 11.4 Å². The lowest BCUT2D eigenvalue weighted by Crippen LogP contribution is -2.08. The molecule has 0 saturated carbocycles. The van der Waals surface area contributed by atoms with Crippen molar-refractivity contribution in [1.82, 2.24) is 19.3 Å². The molecule has 0 atom stereocenters. The van der Waals surface area contributed by atoms with Crippen LogP contribution in [0.3, 0.4) is 0 Å². The summed E-state index contributed by atoms with van der Waals surface area (Å²) < 4.78 is 8.94. The summed E-state index contributed by atoms with van der Waals surface area (Å²) in [7, 11) is 3.56. The Hall–Kier alpha value is -1.54. The molecule has 2 rings (SSSR count). The second-order valence-electron chi connectivity index (χ2n) is 4.67. The van der Waals surface area contributed by atoms with Crippen LogP contribution in [-0.2, 0) is 29.5 Å². The maximum absolute atomic E-state index is 10.8. The predicted molar refractivity (Wildman–Crippen MR) is 80.7 cm³/mol. The SMILES string of the molecule is CCc1nn(C)c2c1nc(SCC(=O)O)n2CCCOC. The van der Waals surface area contributed by atoms with Crippen molar-refractivity contribution in [3.05, 3.63) is 5.69 Å². The van der Waals surface area contributed by atoms with E-state index in [0.29, 0.717) is 6.61 Å². The number of methoxy groups -OCH3 is 1. The summed E-state index contributed by atoms with van der Waals surface area (Å²) in [5.41, 5.74) is 2.75. The van der Waals surface area contributed by atoms with E-state index in [-0.39, 0.29) is 5.75 Å². The van der Waals surface area contributed by atoms with Gasteiger partial charge in [-0.3, -0.25) is 9.48 Å². The van der Waals surface area contributed by atoms with E-state index in [9.17, 15) is 4.79 Å². The Morgan fingerprint density at radius 3 is 2.86 bits per heavy atom. The summed E-state index contributed by atoms with van der Waals surface area (Å²) in [4.78, 5) is 15.4. The van der Waals surface area contributed by atoms with E-state index in [1.165, 1.54) is 11.8 Å². The molecule has 0 saturated heterocycles. The summed E-state index contributed by atoms with van der Waals surface area (Å²) in [5.74, 6) is -0.841. The van der Waals surface area contributed by atoms with Gasteiger partial charge in [-0.25, -0.2) is 4.98 Å². The molecule has 2 aromatic heterocycles. The van der Waals surface area contributed by atoms with E-state index in [0.717, 1.165) is 41.4 Å². The molecule has 0 aliphatic heterocycles. The lowest BCUT2D eigenvalue weighted by atomic mass is 10.3. The number of carboxylic acid groups (broad SMARTS) is 1. The molecule has 1 N–H and O–H groups in total. The number of rotatable bonds is 8. The monoisotopic (exact) mass is 312 g/mol. The standard InChI is InChI=1S/C13H20N4O3S/c1-4-9-11-12(16(2)15-9)17(6-5-7-20-3)13(14-11)21-8-10(18)19/h4-8H2,1-3H3,(H,18,19). The number of hydrogen-bond donors (Lipinski definition) is 1. The molecule has 0 fully saturated rings. The van der Waals surface area contributed by atoms with Crippen molar-refractivity contribution in [2.24, 2.45) is 7.05 Å². The van der Waals surface area contributed by atoms with Gasteiger partial charge in [0, 0.05) is 27.3 Å². The van der Waals surface area contributed by atoms with Crippen LogP contribution in [-0.4, -0.2) is 49.9 Å². The van der Waals surface area contributed by atoms with Gasteiger partial charge in [0.15, 0.2) is 10.8 Å². The third-order valence-electron chi connectivity index (χ3n) is 3.15. The van der Waals surface area contributed by atoms with E-state index in [4.69, 9.17) is 9.84 Å². The highest BCUT2D eigenvalue weighted by molar-refractivity contribution is 7.99. The molecular formula is C13H20N4O3S. The van der Waals surface area contributed by atoms with Gasteiger partial charge in [0.25, 0.3) is 0 Å². The van der Waals surface area contributed by atoms with Crippen LogP contribution in [0.15, 0.2) is 5.16 Å². The molecule has 7 nitrogen and oxygen atoms in total. The summed E-state index contributed by atoms with van der Waals surface area (Å²) in [6.45, 7) is 3.42. The molecule has 8 heteroatoms. The van der Waals surface area contributed by atoms with Gasteiger partial charge in [0.1, 0.15) is 5.52 Å². The van der Waals surface area contributed by atoms with Crippen LogP contribution in [0.2, 0.25) is 0 Å². The molecule has 0 spiro atoms. The van der Waals surface area contributed by atoms with E-state index in [1.807, 2.05) is 23.2 Å². The molecule has 2 aromatic rings. The van der Waals surface area contributed by atoms with Crippen LogP contribution >= 0.6 is 11.8 Å². The first-order valence-electron chi connectivity index (χ1n) is 6.84. The highest BCUT2D eigenvalue weighted by Crippen LogP contribution is 2.26. The van der Waals surface area contributed by atoms with Crippen molar-refractivity contribution in [3.63, 3.8) is 0 Å². The fourth-order valence-electron chi connectivity index (χ4n) is 2.26. The van der Waals surface area contributed by atoms with Crippen LogP contribution in [0.1, 0.15) is 19.0 Å². The molecule has 116 valence electrons. The lowest BCUT2D eigenvalue weighted by Gasteiger charge is -2.08. The van der Waals surface area contributed by atoms with E-state index in [2.05, 4.69) is 10.1 Å². The number of carbonyl (C=O) groups is 1. The van der Waals surface area contributed by atoms with Crippen LogP contribution in [0, 0.1) is 0 Å². The van der Waals surface area contributed by atoms with Crippen molar-refractivity contribution in [2.75, 3.05) is 19.5 Å². The molecule has 0 aromatic carbocycles. The molecule has 0 unspecified atom stereocenters. The van der Waals surface area contributed by atoms with Crippen molar-refractivity contribution in [2.45, 2.75) is 31.5 Å². The maximum Gasteiger partial charge on any atom is 0.313 e. The Morgan fingerprint density at radius 2 is 2.24 bits per heavy atom. The van der Waals surface area contributed by atoms with Crippen LogP contribution in [0.5, 0.6) is 0 Å². The fourth-order valence-corrected chi connectivity index (χ4v) is 3.01. The summed E-state index contributed by atoms with van der Waals surface area (Å²) in [6, 6.07) is 0. The molecule has 0 radical (unpaired) electrons. The summed E-state index contributed by atoms with van der Waals surface area (Å²) in [6.07, 6.45) is 1.64. The highest BCUT2D eigenvalue weighted by Gasteiger charge is 2.19. The van der Waals surface area contributed by atoms with Gasteiger partial charge in [-0.05, 0) is 12.8 Å². The average molecular weight is 312 g/mol. The number of aromatic nitrogens is 4. The fraction of sp³-hybridized carbons (Fsp3) is 0.615. The van der Waals surface area contributed by atoms with Crippen LogP contribution < -0.4 is 0 Å². The number of fused-ring (bicyclic) bond motifs is 1. The maximum atomic E-state index is 10.8. The zero-order valence-electron chi connectivity index (χ0n) is 12.5. The number of nitrogens with zero attached hydrogens (tertiary/aromatic N) is 4. The average Bonchev–Trinajstić information content (AvgIpc) is 2.95. The minimum absolute atomic E-state index is 0.00247. The van der Waals surface area contributed by atoms with E-state index < -0.39 is 5.97 Å². The second-order valence-corrected chi connectivity index (χ2v) is 5.61. The number of hydrogen-bond acceptors (Lipinski definition) is 5. The van der Waals surface area contributed by atoms with Gasteiger partial charge in [-0.15, -0.1) is 0 Å². The first-order valence-corrected chi connectivity index (χ1v) is 7.82. The van der Waals surface area contributed by atoms with Gasteiger partial charge in [0.2, 0.25) is 0 Å². The predicted octanol–water partition coefficient (Wildman–Crippen LogP) is 1.55. The number of imidazole rings is 1. The largest absolute Gasteiger partial charge is 0.481 e. The molecule has 0 aliphatic rings. The number of thioether (sulfide) groups is 1. The molecular weight excluding hydrogens is 292 g/mol. The quantitative estimate of drug-likeness (QED) is 0.588. The molecule has 0 bridgehead atoms. The van der Waals surface area contributed by atoms with Crippen molar-refractivity contribution in [3.8, 4) is 0 Å². The molecule has 0 aliphatic carbocycles. The number of aryl methyl sites for hydroxylation is 3. The molecule has 2 heterocycles. The van der Waals surface area contributed by atoms with Crippen molar-refractivity contribution < 1.29 is 14.6 Å². The van der Waals surface area contributed by atoms with E-state index in [1.54, 1.807) is 7.11 Å². The molecule has 21 heavy (non-hydrogen) atoms. The minimum atomic E-state index is -0.843. The first kappa shape index (κ1) is 15.8. The normalized spacial score (nSPS) is 11.4. The third-order valence-corrected chi connectivity index (χ3v) is 4.11. The third kappa shape index (κ3) is 3.38. The zero-order chi connectivity index (χ0) is 15.4. The number of aliphatic carboxylic acids is 1. The number of carboxylic acids is 1. The Kier molecular flexibility index (Phi) is 5.24. The lowest BCUT2D eigenvalue weighted by molar-refractivity contribution is -0.133. The molecule has 0 amide bonds. The van der Waals surface area contributed by atoms with Gasteiger partial charge in [-0.1, -0.05) is 18.7 Å². The smallest absolute Gasteiger partial charge is 0.313 e. The number of ether oxygens (including phenoxy) is 1.